The zero-order valence-corrected chi connectivity index (χ0v) is 9.97. The summed E-state index contributed by atoms with van der Waals surface area (Å²) in [4.78, 5) is 3.98. The lowest BCUT2D eigenvalue weighted by Gasteiger charge is -2.02. The molecule has 1 N–H and O–H groups in total. The van der Waals surface area contributed by atoms with Crippen LogP contribution in [-0.2, 0) is 0 Å². The van der Waals surface area contributed by atoms with Crippen molar-refractivity contribution in [3.63, 3.8) is 0 Å². The third-order valence-corrected chi connectivity index (χ3v) is 3.20. The van der Waals surface area contributed by atoms with E-state index in [4.69, 9.17) is 9.84 Å². The molecule has 18 heavy (non-hydrogen) atoms. The molecule has 1 aromatic carbocycles. The molecule has 1 aromatic heterocycles. The van der Waals surface area contributed by atoms with Gasteiger partial charge in [-0.3, -0.25) is 0 Å². The average molecular weight is 275 g/mol. The summed E-state index contributed by atoms with van der Waals surface area (Å²) in [6.07, 6.45) is -4.16. The summed E-state index contributed by atoms with van der Waals surface area (Å²) in [5.41, 5.74) is 0.528. The van der Waals surface area contributed by atoms with Gasteiger partial charge in [0.05, 0.1) is 17.3 Å². The fourth-order valence-corrected chi connectivity index (χ4v) is 2.36. The summed E-state index contributed by atoms with van der Waals surface area (Å²) in [6.45, 7) is 0. The minimum atomic E-state index is -4.76. The molecule has 0 radical (unpaired) electrons. The lowest BCUT2D eigenvalue weighted by Crippen LogP contribution is -2.10. The highest BCUT2D eigenvalue weighted by Crippen LogP contribution is 2.33. The largest absolute Gasteiger partial charge is 0.504 e. The molecule has 3 nitrogen and oxygen atoms in total. The van der Waals surface area contributed by atoms with E-state index in [2.05, 4.69) is 4.98 Å². The number of aromatic nitrogens is 1. The van der Waals surface area contributed by atoms with Crippen LogP contribution in [0.15, 0.2) is 24.0 Å². The maximum atomic E-state index is 12.2. The van der Waals surface area contributed by atoms with Crippen molar-refractivity contribution in [2.45, 2.75) is 6.18 Å². The smallest absolute Gasteiger partial charge is 0.448 e. The highest BCUT2D eigenvalue weighted by Gasteiger charge is 2.34. The van der Waals surface area contributed by atoms with Crippen LogP contribution in [0.5, 0.6) is 5.75 Å². The maximum Gasteiger partial charge on any atom is 0.448 e. The zero-order valence-electron chi connectivity index (χ0n) is 9.15. The molecule has 0 aliphatic carbocycles. The van der Waals surface area contributed by atoms with Crippen molar-refractivity contribution < 1.29 is 23.0 Å². The fourth-order valence-electron chi connectivity index (χ4n) is 1.36. The number of fused-ring (bicyclic) bond motifs is 1. The Balaban J connectivity index is 2.49. The molecule has 0 spiro atoms. The first-order valence-corrected chi connectivity index (χ1v) is 5.65. The molecular weight excluding hydrogens is 267 g/mol. The highest BCUT2D eigenvalue weighted by atomic mass is 32.1. The summed E-state index contributed by atoms with van der Waals surface area (Å²) in [6, 6.07) is 5.05. The van der Waals surface area contributed by atoms with Crippen LogP contribution in [0, 0.1) is 0 Å². The first-order chi connectivity index (χ1) is 8.41. The summed E-state index contributed by atoms with van der Waals surface area (Å²) in [5, 5.41) is 8.94. The number of alkyl halides is 3. The number of allylic oxidation sites excluding steroid dienone is 1. The van der Waals surface area contributed by atoms with Crippen LogP contribution in [0.3, 0.4) is 0 Å². The number of thiazole rings is 1. The number of hydrogen-bond donors (Lipinski definition) is 1. The lowest BCUT2D eigenvalue weighted by molar-refractivity contribution is -0.119. The molecule has 0 fully saturated rings. The van der Waals surface area contributed by atoms with E-state index >= 15 is 0 Å². The minimum Gasteiger partial charge on any atom is -0.504 e. The molecule has 0 bridgehead atoms. The van der Waals surface area contributed by atoms with Gasteiger partial charge in [0.15, 0.2) is 0 Å². The first-order valence-electron chi connectivity index (χ1n) is 4.83. The van der Waals surface area contributed by atoms with Gasteiger partial charge in [-0.15, -0.1) is 11.3 Å². The topological polar surface area (TPSA) is 42.4 Å². The number of methoxy groups -OCH3 is 1. The van der Waals surface area contributed by atoms with Gasteiger partial charge in [0.2, 0.25) is 5.76 Å². The van der Waals surface area contributed by atoms with Crippen LogP contribution in [0.2, 0.25) is 0 Å². The third-order valence-electron chi connectivity index (χ3n) is 2.17. The van der Waals surface area contributed by atoms with Gasteiger partial charge in [-0.1, -0.05) is 6.07 Å². The zero-order chi connectivity index (χ0) is 13.3. The second kappa shape index (κ2) is 4.49. The van der Waals surface area contributed by atoms with Gasteiger partial charge in [-0.25, -0.2) is 4.98 Å². The number of benzene rings is 1. The molecule has 0 amide bonds. The number of ether oxygens (including phenoxy) is 1. The summed E-state index contributed by atoms with van der Waals surface area (Å²) in [7, 11) is 1.47. The van der Waals surface area contributed by atoms with Gasteiger partial charge in [-0.05, 0) is 12.1 Å². The monoisotopic (exact) mass is 275 g/mol. The Bertz CT molecular complexity index is 604. The molecule has 1 heterocycles. The minimum absolute atomic E-state index is 0.0734. The standard InChI is InChI=1S/C11H8F3NO2S/c1-17-7-4-2-3-6-10(7)18-9(15-6)5-8(16)11(12,13)14/h2-5,16H,1H3. The Morgan fingerprint density at radius 2 is 2.17 bits per heavy atom. The number of hydrogen-bond acceptors (Lipinski definition) is 4. The van der Waals surface area contributed by atoms with Crippen molar-refractivity contribution in [3.05, 3.63) is 29.0 Å². The highest BCUT2D eigenvalue weighted by molar-refractivity contribution is 7.19. The first kappa shape index (κ1) is 12.7. The Kier molecular flexibility index (Phi) is 3.16. The van der Waals surface area contributed by atoms with E-state index in [1.165, 1.54) is 7.11 Å². The Labute approximate surface area is 104 Å². The molecule has 0 aliphatic rings. The van der Waals surface area contributed by atoms with E-state index in [0.717, 1.165) is 11.3 Å². The predicted octanol–water partition coefficient (Wildman–Crippen LogP) is 3.77. The Morgan fingerprint density at radius 3 is 2.78 bits per heavy atom. The van der Waals surface area contributed by atoms with Crippen molar-refractivity contribution in [1.82, 2.24) is 4.98 Å². The normalized spacial score (nSPS) is 13.0. The van der Waals surface area contributed by atoms with E-state index in [9.17, 15) is 13.2 Å². The Morgan fingerprint density at radius 1 is 1.44 bits per heavy atom. The number of rotatable bonds is 2. The molecular formula is C11H8F3NO2S. The SMILES string of the molecule is COc1cccc2nc(C=C(O)C(F)(F)F)sc12. The van der Waals surface area contributed by atoms with Crippen molar-refractivity contribution in [1.29, 1.82) is 0 Å². The van der Waals surface area contributed by atoms with Crippen molar-refractivity contribution in [2.24, 2.45) is 0 Å². The average Bonchev–Trinajstić information content (AvgIpc) is 2.69. The van der Waals surface area contributed by atoms with Crippen LogP contribution < -0.4 is 4.74 Å². The lowest BCUT2D eigenvalue weighted by atomic mass is 10.3. The fraction of sp³-hybridized carbons (Fsp3) is 0.182. The molecule has 7 heteroatoms. The van der Waals surface area contributed by atoms with E-state index in [-0.39, 0.29) is 5.01 Å². The van der Waals surface area contributed by atoms with Crippen LogP contribution in [-0.4, -0.2) is 23.4 Å². The quantitative estimate of drug-likeness (QED) is 0.848. The number of aliphatic hydroxyl groups excluding tert-OH is 1. The molecule has 0 unspecified atom stereocenters. The third kappa shape index (κ3) is 2.40. The molecule has 0 aliphatic heterocycles. The van der Waals surface area contributed by atoms with Crippen LogP contribution in [0.4, 0.5) is 13.2 Å². The number of nitrogens with zero attached hydrogens (tertiary/aromatic N) is 1. The molecule has 2 aromatic rings. The second-order valence-electron chi connectivity index (χ2n) is 3.39. The van der Waals surface area contributed by atoms with E-state index in [1.54, 1.807) is 18.2 Å². The summed E-state index contributed by atoms with van der Waals surface area (Å²) < 4.78 is 42.2. The maximum absolute atomic E-state index is 12.2. The van der Waals surface area contributed by atoms with Gasteiger partial charge in [0.1, 0.15) is 10.8 Å². The number of aliphatic hydroxyl groups is 1. The van der Waals surface area contributed by atoms with E-state index in [0.29, 0.717) is 22.0 Å². The van der Waals surface area contributed by atoms with Gasteiger partial charge in [0, 0.05) is 6.08 Å². The van der Waals surface area contributed by atoms with Crippen LogP contribution in [0.1, 0.15) is 5.01 Å². The van der Waals surface area contributed by atoms with Gasteiger partial charge in [-0.2, -0.15) is 13.2 Å². The summed E-state index contributed by atoms with van der Waals surface area (Å²) in [5.74, 6) is -1.13. The Hall–Kier alpha value is -1.76. The van der Waals surface area contributed by atoms with Crippen molar-refractivity contribution in [3.8, 4) is 5.75 Å². The van der Waals surface area contributed by atoms with Gasteiger partial charge < -0.3 is 9.84 Å². The van der Waals surface area contributed by atoms with Gasteiger partial charge in [0.25, 0.3) is 0 Å². The molecule has 96 valence electrons. The van der Waals surface area contributed by atoms with Crippen molar-refractivity contribution in [2.75, 3.05) is 7.11 Å². The molecule has 0 atom stereocenters. The van der Waals surface area contributed by atoms with E-state index in [1.807, 2.05) is 0 Å². The molecule has 0 saturated carbocycles. The van der Waals surface area contributed by atoms with Crippen LogP contribution >= 0.6 is 11.3 Å². The second-order valence-corrected chi connectivity index (χ2v) is 4.42. The van der Waals surface area contributed by atoms with Crippen LogP contribution in [0.25, 0.3) is 16.3 Å². The molecule has 0 saturated heterocycles. The van der Waals surface area contributed by atoms with E-state index < -0.39 is 11.9 Å². The predicted molar refractivity (Wildman–Crippen MR) is 62.8 cm³/mol. The number of halogens is 3. The van der Waals surface area contributed by atoms with Crippen molar-refractivity contribution >= 4 is 27.6 Å². The molecule has 2 rings (SSSR count). The summed E-state index contributed by atoms with van der Waals surface area (Å²) >= 11 is 1.02. The van der Waals surface area contributed by atoms with Gasteiger partial charge >= 0.3 is 6.18 Å².